The van der Waals surface area contributed by atoms with Crippen molar-refractivity contribution in [2.75, 3.05) is 7.11 Å². The zero-order valence-electron chi connectivity index (χ0n) is 10.5. The monoisotopic (exact) mass is 254 g/mol. The third-order valence-corrected chi connectivity index (χ3v) is 2.73. The van der Waals surface area contributed by atoms with Crippen LogP contribution in [0.2, 0.25) is 0 Å². The SMILES string of the molecule is COC(=O)c1cccc(C=Cc2ccccc2)c1O. The highest BCUT2D eigenvalue weighted by atomic mass is 16.5. The number of phenolic OH excluding ortho intramolecular Hbond substituents is 1. The van der Waals surface area contributed by atoms with Gasteiger partial charge in [0.15, 0.2) is 0 Å². The van der Waals surface area contributed by atoms with Crippen molar-refractivity contribution in [3.63, 3.8) is 0 Å². The van der Waals surface area contributed by atoms with E-state index < -0.39 is 5.97 Å². The molecule has 2 aromatic rings. The largest absolute Gasteiger partial charge is 0.506 e. The highest BCUT2D eigenvalue weighted by Crippen LogP contribution is 2.25. The minimum Gasteiger partial charge on any atom is -0.506 e. The molecule has 0 aromatic heterocycles. The van der Waals surface area contributed by atoms with Gasteiger partial charge in [-0.1, -0.05) is 54.6 Å². The van der Waals surface area contributed by atoms with Crippen molar-refractivity contribution >= 4 is 18.1 Å². The maximum absolute atomic E-state index is 11.5. The molecule has 0 radical (unpaired) electrons. The van der Waals surface area contributed by atoms with Gasteiger partial charge in [0.1, 0.15) is 11.3 Å². The van der Waals surface area contributed by atoms with E-state index >= 15 is 0 Å². The molecular formula is C16H14O3. The van der Waals surface area contributed by atoms with E-state index in [0.29, 0.717) is 5.56 Å². The summed E-state index contributed by atoms with van der Waals surface area (Å²) in [5, 5.41) is 10.0. The van der Waals surface area contributed by atoms with Crippen molar-refractivity contribution in [3.8, 4) is 5.75 Å². The molecule has 0 fully saturated rings. The molecule has 2 aromatic carbocycles. The van der Waals surface area contributed by atoms with E-state index in [2.05, 4.69) is 4.74 Å². The summed E-state index contributed by atoms with van der Waals surface area (Å²) < 4.78 is 4.61. The summed E-state index contributed by atoms with van der Waals surface area (Å²) in [6.07, 6.45) is 3.63. The molecular weight excluding hydrogens is 240 g/mol. The van der Waals surface area contributed by atoms with Crippen molar-refractivity contribution in [1.82, 2.24) is 0 Å². The van der Waals surface area contributed by atoms with Gasteiger partial charge in [0.25, 0.3) is 0 Å². The predicted molar refractivity (Wildman–Crippen MR) is 74.8 cm³/mol. The van der Waals surface area contributed by atoms with E-state index in [0.717, 1.165) is 5.56 Å². The standard InChI is InChI=1S/C16H14O3/c1-19-16(18)14-9-5-8-13(15(14)17)11-10-12-6-3-2-4-7-12/h2-11,17H,1H3. The van der Waals surface area contributed by atoms with Crippen molar-refractivity contribution in [3.05, 3.63) is 65.2 Å². The zero-order chi connectivity index (χ0) is 13.7. The fourth-order valence-electron chi connectivity index (χ4n) is 1.72. The van der Waals surface area contributed by atoms with Crippen LogP contribution in [0.1, 0.15) is 21.5 Å². The number of aromatic hydroxyl groups is 1. The molecule has 1 N–H and O–H groups in total. The Bertz CT molecular complexity index is 601. The van der Waals surface area contributed by atoms with Gasteiger partial charge in [-0.25, -0.2) is 4.79 Å². The van der Waals surface area contributed by atoms with Crippen LogP contribution in [0, 0.1) is 0 Å². The summed E-state index contributed by atoms with van der Waals surface area (Å²) in [7, 11) is 1.29. The second kappa shape index (κ2) is 5.87. The lowest BCUT2D eigenvalue weighted by Gasteiger charge is -2.05. The van der Waals surface area contributed by atoms with Crippen LogP contribution in [0.5, 0.6) is 5.75 Å². The lowest BCUT2D eigenvalue weighted by atomic mass is 10.1. The number of esters is 1. The predicted octanol–water partition coefficient (Wildman–Crippen LogP) is 3.35. The fraction of sp³-hybridized carbons (Fsp3) is 0.0625. The molecule has 0 heterocycles. The molecule has 0 saturated heterocycles. The van der Waals surface area contributed by atoms with Crippen molar-refractivity contribution in [2.24, 2.45) is 0 Å². The van der Waals surface area contributed by atoms with E-state index in [9.17, 15) is 9.90 Å². The zero-order valence-corrected chi connectivity index (χ0v) is 10.5. The topological polar surface area (TPSA) is 46.5 Å². The van der Waals surface area contributed by atoms with Crippen molar-refractivity contribution in [1.29, 1.82) is 0 Å². The molecule has 0 saturated carbocycles. The quantitative estimate of drug-likeness (QED) is 0.675. The van der Waals surface area contributed by atoms with Crippen LogP contribution < -0.4 is 0 Å². The minimum absolute atomic E-state index is 0.0680. The van der Waals surface area contributed by atoms with Gasteiger partial charge in [-0.15, -0.1) is 0 Å². The van der Waals surface area contributed by atoms with Crippen molar-refractivity contribution < 1.29 is 14.6 Å². The van der Waals surface area contributed by atoms with Crippen LogP contribution in [0.25, 0.3) is 12.2 Å². The highest BCUT2D eigenvalue weighted by molar-refractivity contribution is 5.94. The summed E-state index contributed by atoms with van der Waals surface area (Å²) in [6, 6.07) is 14.7. The van der Waals surface area contributed by atoms with Gasteiger partial charge < -0.3 is 9.84 Å². The van der Waals surface area contributed by atoms with E-state index in [-0.39, 0.29) is 11.3 Å². The molecule has 0 aliphatic carbocycles. The first kappa shape index (κ1) is 12.9. The second-order valence-corrected chi connectivity index (χ2v) is 3.98. The molecule has 19 heavy (non-hydrogen) atoms. The van der Waals surface area contributed by atoms with Gasteiger partial charge in [0.05, 0.1) is 7.11 Å². The van der Waals surface area contributed by atoms with E-state index in [1.807, 2.05) is 36.4 Å². The average Bonchev–Trinajstić information content (AvgIpc) is 2.46. The van der Waals surface area contributed by atoms with E-state index in [1.54, 1.807) is 18.2 Å². The Morgan fingerprint density at radius 2 is 1.79 bits per heavy atom. The Morgan fingerprint density at radius 3 is 2.47 bits per heavy atom. The maximum Gasteiger partial charge on any atom is 0.341 e. The van der Waals surface area contributed by atoms with Gasteiger partial charge in [0.2, 0.25) is 0 Å². The number of carbonyl (C=O) groups is 1. The number of rotatable bonds is 3. The molecule has 0 bridgehead atoms. The molecule has 0 aliphatic rings. The summed E-state index contributed by atoms with van der Waals surface area (Å²) in [5.41, 5.74) is 1.76. The molecule has 0 spiro atoms. The van der Waals surface area contributed by atoms with E-state index in [4.69, 9.17) is 0 Å². The lowest BCUT2D eigenvalue weighted by Crippen LogP contribution is -2.01. The smallest absolute Gasteiger partial charge is 0.341 e. The first-order valence-corrected chi connectivity index (χ1v) is 5.86. The Morgan fingerprint density at radius 1 is 1.05 bits per heavy atom. The number of phenols is 1. The van der Waals surface area contributed by atoms with Crippen LogP contribution in [0.15, 0.2) is 48.5 Å². The summed E-state index contributed by atoms with van der Waals surface area (Å²) in [4.78, 5) is 11.5. The minimum atomic E-state index is -0.549. The molecule has 3 heteroatoms. The third kappa shape index (κ3) is 3.01. The highest BCUT2D eigenvalue weighted by Gasteiger charge is 2.12. The molecule has 0 unspecified atom stereocenters. The lowest BCUT2D eigenvalue weighted by molar-refractivity contribution is 0.0597. The molecule has 3 nitrogen and oxygen atoms in total. The average molecular weight is 254 g/mol. The number of carbonyl (C=O) groups excluding carboxylic acids is 1. The number of ether oxygens (including phenoxy) is 1. The van der Waals surface area contributed by atoms with E-state index in [1.165, 1.54) is 13.2 Å². The van der Waals surface area contributed by atoms with Crippen LogP contribution in [0.4, 0.5) is 0 Å². The number of para-hydroxylation sites is 1. The van der Waals surface area contributed by atoms with Gasteiger partial charge in [-0.05, 0) is 11.6 Å². The molecule has 2 rings (SSSR count). The Hall–Kier alpha value is -2.55. The maximum atomic E-state index is 11.5. The molecule has 0 atom stereocenters. The molecule has 0 aliphatic heterocycles. The molecule has 96 valence electrons. The van der Waals surface area contributed by atoms with Gasteiger partial charge in [-0.2, -0.15) is 0 Å². The Balaban J connectivity index is 2.31. The number of hydrogen-bond donors (Lipinski definition) is 1. The third-order valence-electron chi connectivity index (χ3n) is 2.73. The van der Waals surface area contributed by atoms with Gasteiger partial charge in [0, 0.05) is 5.56 Å². The normalized spacial score (nSPS) is 10.6. The summed E-state index contributed by atoms with van der Waals surface area (Å²) in [5.74, 6) is -0.617. The Labute approximate surface area is 111 Å². The number of methoxy groups -OCH3 is 1. The summed E-state index contributed by atoms with van der Waals surface area (Å²) in [6.45, 7) is 0. The van der Waals surface area contributed by atoms with Crippen molar-refractivity contribution in [2.45, 2.75) is 0 Å². The van der Waals surface area contributed by atoms with Gasteiger partial charge >= 0.3 is 5.97 Å². The first-order chi connectivity index (χ1) is 9.22. The van der Waals surface area contributed by atoms with Crippen LogP contribution >= 0.6 is 0 Å². The Kier molecular flexibility index (Phi) is 3.98. The second-order valence-electron chi connectivity index (χ2n) is 3.98. The molecule has 0 amide bonds. The fourth-order valence-corrected chi connectivity index (χ4v) is 1.72. The van der Waals surface area contributed by atoms with Crippen LogP contribution in [0.3, 0.4) is 0 Å². The number of benzene rings is 2. The number of hydrogen-bond acceptors (Lipinski definition) is 3. The van der Waals surface area contributed by atoms with Crippen LogP contribution in [-0.4, -0.2) is 18.2 Å². The van der Waals surface area contributed by atoms with Crippen LogP contribution in [-0.2, 0) is 4.74 Å². The first-order valence-electron chi connectivity index (χ1n) is 5.86. The summed E-state index contributed by atoms with van der Waals surface area (Å²) >= 11 is 0. The van der Waals surface area contributed by atoms with Gasteiger partial charge in [-0.3, -0.25) is 0 Å².